The average molecular weight is 400 g/mol. The van der Waals surface area contributed by atoms with Crippen LogP contribution in [0.3, 0.4) is 0 Å². The number of carbonyl (C=O) groups excluding carboxylic acids is 1. The molecule has 0 radical (unpaired) electrons. The van der Waals surface area contributed by atoms with Crippen LogP contribution in [0.25, 0.3) is 0 Å². The highest BCUT2D eigenvalue weighted by atomic mass is 32.1. The molecule has 7 heteroatoms. The van der Waals surface area contributed by atoms with E-state index < -0.39 is 18.4 Å². The zero-order chi connectivity index (χ0) is 22.5. The Morgan fingerprint density at radius 3 is 2.68 bits per heavy atom. The first-order valence-corrected chi connectivity index (χ1v) is 9.67. The number of aromatic nitrogens is 1. The zero-order valence-electron chi connectivity index (χ0n) is 18.2. The van der Waals surface area contributed by atoms with Gasteiger partial charge in [-0.3, -0.25) is 4.79 Å². The van der Waals surface area contributed by atoms with Crippen molar-refractivity contribution in [1.82, 2.24) is 10.3 Å². The van der Waals surface area contributed by atoms with Crippen LogP contribution in [-0.2, 0) is 17.6 Å². The van der Waals surface area contributed by atoms with Crippen LogP contribution in [0.4, 0.5) is 10.8 Å². The molecule has 0 saturated carbocycles. The highest BCUT2D eigenvalue weighted by molar-refractivity contribution is 7.13. The Hall–Kier alpha value is -2.74. The maximum absolute atomic E-state index is 12.3. The Morgan fingerprint density at radius 2 is 2.00 bits per heavy atom. The molecule has 0 saturated heterocycles. The number of nitrogens with two attached hydrogens (primary N) is 1. The molecule has 0 spiro atoms. The van der Waals surface area contributed by atoms with E-state index in [1.165, 1.54) is 5.38 Å². The van der Waals surface area contributed by atoms with Gasteiger partial charge < -0.3 is 21.5 Å². The van der Waals surface area contributed by atoms with Crippen molar-refractivity contribution in [2.24, 2.45) is 0 Å². The summed E-state index contributed by atoms with van der Waals surface area (Å²) in [4.78, 5) is 16.2. The molecule has 146 valence electrons. The van der Waals surface area contributed by atoms with Gasteiger partial charge in [0.25, 0.3) is 0 Å². The van der Waals surface area contributed by atoms with Gasteiger partial charge in [-0.15, -0.1) is 11.3 Å². The Labute approximate surface area is 172 Å². The third kappa shape index (κ3) is 6.16. The lowest BCUT2D eigenvalue weighted by Crippen LogP contribution is -2.23. The Morgan fingerprint density at radius 1 is 1.25 bits per heavy atom. The number of thiazole rings is 1. The summed E-state index contributed by atoms with van der Waals surface area (Å²) in [6.07, 6.45) is -3.32. The Bertz CT molecular complexity index is 1010. The molecule has 1 heterocycles. The van der Waals surface area contributed by atoms with Crippen LogP contribution < -0.4 is 16.4 Å². The van der Waals surface area contributed by atoms with Gasteiger partial charge >= 0.3 is 0 Å². The van der Waals surface area contributed by atoms with Crippen LogP contribution in [0, 0.1) is 0 Å². The normalized spacial score (nSPS) is 15.1. The molecule has 3 aromatic rings. The number of nitrogens with zero attached hydrogens (tertiary/aromatic N) is 1. The third-order valence-corrected chi connectivity index (χ3v) is 4.64. The Balaban J connectivity index is 1.48. The summed E-state index contributed by atoms with van der Waals surface area (Å²) in [5.41, 5.74) is 7.51. The molecule has 0 aliphatic rings. The molecular formula is C21H24N4O2S. The van der Waals surface area contributed by atoms with E-state index in [0.29, 0.717) is 24.2 Å². The predicted octanol–water partition coefficient (Wildman–Crippen LogP) is 2.77. The number of hydrogen-bond acceptors (Lipinski definition) is 6. The van der Waals surface area contributed by atoms with Gasteiger partial charge in [-0.25, -0.2) is 4.98 Å². The number of benzene rings is 2. The first kappa shape index (κ1) is 16.2. The van der Waals surface area contributed by atoms with E-state index in [1.807, 2.05) is 18.2 Å². The number of hydrogen-bond donors (Lipinski definition) is 4. The second kappa shape index (κ2) is 9.98. The van der Waals surface area contributed by atoms with Crippen LogP contribution >= 0.6 is 11.3 Å². The van der Waals surface area contributed by atoms with Crippen molar-refractivity contribution in [3.8, 4) is 0 Å². The fourth-order valence-corrected chi connectivity index (χ4v) is 3.05. The summed E-state index contributed by atoms with van der Waals surface area (Å²) in [6.45, 7) is 0.662. The number of amides is 1. The van der Waals surface area contributed by atoms with Gasteiger partial charge in [-0.1, -0.05) is 42.5 Å². The first-order valence-electron chi connectivity index (χ1n) is 10.3. The molecule has 1 amide bonds. The van der Waals surface area contributed by atoms with Gasteiger partial charge in [0.2, 0.25) is 5.91 Å². The first-order chi connectivity index (χ1) is 14.7. The van der Waals surface area contributed by atoms with E-state index in [9.17, 15) is 9.90 Å². The van der Waals surface area contributed by atoms with Crippen molar-refractivity contribution in [2.75, 3.05) is 24.1 Å². The summed E-state index contributed by atoms with van der Waals surface area (Å²) < 4.78 is 24.1. The third-order valence-electron chi connectivity index (χ3n) is 3.97. The van der Waals surface area contributed by atoms with Gasteiger partial charge in [0.05, 0.1) is 19.5 Å². The summed E-state index contributed by atoms with van der Waals surface area (Å²) >= 11 is 1.08. The predicted molar refractivity (Wildman–Crippen MR) is 113 cm³/mol. The van der Waals surface area contributed by atoms with Gasteiger partial charge in [-0.2, -0.15) is 0 Å². The van der Waals surface area contributed by atoms with Gasteiger partial charge in [-0.05, 0) is 36.2 Å². The highest BCUT2D eigenvalue weighted by Crippen LogP contribution is 2.14. The number of nitrogen functional groups attached to an aromatic ring is 1. The molecule has 0 fully saturated rings. The minimum Gasteiger partial charge on any atom is -0.387 e. The maximum atomic E-state index is 12.3. The fourth-order valence-electron chi connectivity index (χ4n) is 2.55. The van der Waals surface area contributed by atoms with Crippen LogP contribution in [0.5, 0.6) is 0 Å². The maximum Gasteiger partial charge on any atom is 0.230 e. The second-order valence-corrected chi connectivity index (χ2v) is 6.98. The van der Waals surface area contributed by atoms with Crippen molar-refractivity contribution < 1.29 is 14.0 Å². The van der Waals surface area contributed by atoms with E-state index in [4.69, 9.17) is 9.85 Å². The van der Waals surface area contributed by atoms with E-state index in [0.717, 1.165) is 16.9 Å². The molecule has 0 aliphatic heterocycles. The van der Waals surface area contributed by atoms with Gasteiger partial charge in [0, 0.05) is 20.4 Å². The zero-order valence-corrected chi connectivity index (χ0v) is 16.0. The average Bonchev–Trinajstić information content (AvgIpc) is 3.20. The topological polar surface area (TPSA) is 100 Å². The number of carbonyl (C=O) groups is 1. The molecule has 0 bridgehead atoms. The van der Waals surface area contributed by atoms with E-state index in [2.05, 4.69) is 15.6 Å². The minimum absolute atomic E-state index is 0.0138. The summed E-state index contributed by atoms with van der Waals surface area (Å²) in [6, 6.07) is 15.9. The van der Waals surface area contributed by atoms with Gasteiger partial charge in [0.1, 0.15) is 0 Å². The van der Waals surface area contributed by atoms with E-state index in [1.54, 1.807) is 36.4 Å². The van der Waals surface area contributed by atoms with Crippen molar-refractivity contribution in [1.29, 1.82) is 0 Å². The summed E-state index contributed by atoms with van der Waals surface area (Å²) in [5.74, 6) is -0.817. The van der Waals surface area contributed by atoms with Crippen molar-refractivity contribution >= 4 is 28.1 Å². The van der Waals surface area contributed by atoms with Crippen LogP contribution in [0.15, 0.2) is 60.0 Å². The van der Waals surface area contributed by atoms with Gasteiger partial charge in [0.15, 0.2) is 5.13 Å². The monoisotopic (exact) mass is 399 g/mol. The largest absolute Gasteiger partial charge is 0.387 e. The van der Waals surface area contributed by atoms with Crippen LogP contribution in [-0.4, -0.2) is 29.1 Å². The van der Waals surface area contributed by atoms with Crippen LogP contribution in [0.2, 0.25) is 0 Å². The molecule has 28 heavy (non-hydrogen) atoms. The lowest BCUT2D eigenvalue weighted by molar-refractivity contribution is -0.115. The molecule has 2 aromatic carbocycles. The van der Waals surface area contributed by atoms with Crippen LogP contribution in [0.1, 0.15) is 27.0 Å². The molecule has 1 aromatic heterocycles. The molecule has 0 unspecified atom stereocenters. The van der Waals surface area contributed by atoms with Crippen molar-refractivity contribution in [3.05, 3.63) is 76.8 Å². The number of rotatable bonds is 9. The van der Waals surface area contributed by atoms with E-state index in [-0.39, 0.29) is 17.4 Å². The number of aliphatic hydroxyl groups is 1. The SMILES string of the molecule is [2H]C([2H])(C(=O)Nc1ccc(CCNC[C@]([2H])(O)c2ccccc2)cc1)c1csc(N)n1. The quantitative estimate of drug-likeness (QED) is 0.415. The van der Waals surface area contributed by atoms with E-state index >= 15 is 0 Å². The summed E-state index contributed by atoms with van der Waals surface area (Å²) in [5, 5.41) is 17.6. The lowest BCUT2D eigenvalue weighted by Gasteiger charge is -2.12. The standard InChI is InChI=1S/C21H24N4O2S/c22-21-25-18(14-28-21)12-20(27)24-17-8-6-15(7-9-17)10-11-23-13-19(26)16-4-2-1-3-5-16/h1-9,14,19,23,26H,10-13H2,(H2,22,25)(H,24,27)/t19-/m0/s1/i12D2,19D. The molecule has 0 aliphatic carbocycles. The minimum atomic E-state index is -2.29. The second-order valence-electron chi connectivity index (χ2n) is 6.09. The van der Waals surface area contributed by atoms with Crippen molar-refractivity contribution in [2.45, 2.75) is 18.9 Å². The fraction of sp³-hybridized carbons (Fsp3) is 0.238. The lowest BCUT2D eigenvalue weighted by atomic mass is 10.1. The molecule has 1 atom stereocenters. The number of anilines is 2. The Kier molecular flexibility index (Phi) is 5.79. The molecule has 3 rings (SSSR count). The van der Waals surface area contributed by atoms with Crippen molar-refractivity contribution in [3.63, 3.8) is 0 Å². The highest BCUT2D eigenvalue weighted by Gasteiger charge is 2.08. The summed E-state index contributed by atoms with van der Waals surface area (Å²) in [7, 11) is 0. The molecule has 6 nitrogen and oxygen atoms in total. The smallest absolute Gasteiger partial charge is 0.230 e. The molecular weight excluding hydrogens is 372 g/mol. The number of nitrogens with one attached hydrogen (secondary N) is 2. The molecule has 5 N–H and O–H groups in total.